The highest BCUT2D eigenvalue weighted by atomic mass is 79.9. The van der Waals surface area contributed by atoms with Gasteiger partial charge in [0.05, 0.1) is 16.1 Å². The van der Waals surface area contributed by atoms with Crippen LogP contribution in [0.15, 0.2) is 43.7 Å². The molecule has 2 N–H and O–H groups in total. The number of benzene rings is 2. The third kappa shape index (κ3) is 3.90. The number of methoxy groups -OCH3 is 1. The van der Waals surface area contributed by atoms with Crippen molar-refractivity contribution in [3.63, 3.8) is 0 Å². The lowest BCUT2D eigenvalue weighted by Gasteiger charge is -2.12. The maximum absolute atomic E-state index is 5.84. The summed E-state index contributed by atoms with van der Waals surface area (Å²) in [5.41, 5.74) is 7.42. The Hall–Kier alpha value is -0.720. The van der Waals surface area contributed by atoms with Gasteiger partial charge in [0.2, 0.25) is 0 Å². The summed E-state index contributed by atoms with van der Waals surface area (Å²) in [6.45, 7) is 0.403. The largest absolute Gasteiger partial charge is 0.497 e. The summed E-state index contributed by atoms with van der Waals surface area (Å²) in [6.07, 6.45) is 0. The maximum atomic E-state index is 5.84. The van der Waals surface area contributed by atoms with Gasteiger partial charge in [0.25, 0.3) is 0 Å². The number of hydrogen-bond acceptors (Lipinski definition) is 3. The van der Waals surface area contributed by atoms with Gasteiger partial charge in [-0.2, -0.15) is 0 Å². The molecule has 0 saturated carbocycles. The third-order valence-electron chi connectivity index (χ3n) is 2.57. The van der Waals surface area contributed by atoms with Crippen molar-refractivity contribution in [2.75, 3.05) is 12.8 Å². The van der Waals surface area contributed by atoms with E-state index < -0.39 is 0 Å². The zero-order chi connectivity index (χ0) is 14.7. The Balaban J connectivity index is 2.19. The molecule has 0 saturated heterocycles. The molecule has 0 unspecified atom stereocenters. The van der Waals surface area contributed by atoms with E-state index in [0.29, 0.717) is 12.3 Å². The van der Waals surface area contributed by atoms with Gasteiger partial charge in [-0.25, -0.2) is 0 Å². The zero-order valence-corrected chi connectivity index (χ0v) is 15.4. The molecule has 0 aliphatic rings. The number of rotatable bonds is 4. The molecule has 0 aliphatic heterocycles. The Bertz CT molecular complexity index is 609. The van der Waals surface area contributed by atoms with Crippen molar-refractivity contribution in [2.24, 2.45) is 0 Å². The maximum Gasteiger partial charge on any atom is 0.148 e. The highest BCUT2D eigenvalue weighted by molar-refractivity contribution is 9.11. The number of ether oxygens (including phenoxy) is 2. The van der Waals surface area contributed by atoms with E-state index in [0.717, 1.165) is 30.5 Å². The Morgan fingerprint density at radius 3 is 2.25 bits per heavy atom. The van der Waals surface area contributed by atoms with E-state index in [-0.39, 0.29) is 0 Å². The highest BCUT2D eigenvalue weighted by Crippen LogP contribution is 2.37. The second-order valence-corrected chi connectivity index (χ2v) is 6.73. The van der Waals surface area contributed by atoms with E-state index >= 15 is 0 Å². The quantitative estimate of drug-likeness (QED) is 0.635. The van der Waals surface area contributed by atoms with Crippen LogP contribution in [-0.2, 0) is 6.61 Å². The third-order valence-corrected chi connectivity index (χ3v) is 4.21. The summed E-state index contributed by atoms with van der Waals surface area (Å²) in [5, 5.41) is 0. The molecule has 2 aromatic rings. The van der Waals surface area contributed by atoms with Crippen LogP contribution in [-0.4, -0.2) is 7.11 Å². The zero-order valence-electron chi connectivity index (χ0n) is 10.6. The first-order chi connectivity index (χ1) is 9.49. The van der Waals surface area contributed by atoms with Crippen LogP contribution in [0.5, 0.6) is 11.5 Å². The second-order valence-electron chi connectivity index (χ2n) is 4.10. The first-order valence-electron chi connectivity index (χ1n) is 5.70. The Kier molecular flexibility index (Phi) is 5.35. The fourth-order valence-electron chi connectivity index (χ4n) is 1.71. The van der Waals surface area contributed by atoms with E-state index in [2.05, 4.69) is 47.8 Å². The SMILES string of the molecule is COc1cc(N)cc(COc2c(Br)cc(Br)cc2Br)c1. The number of nitrogen functional groups attached to an aromatic ring is 1. The Morgan fingerprint density at radius 2 is 1.65 bits per heavy atom. The molecule has 6 heteroatoms. The number of anilines is 1. The normalized spacial score (nSPS) is 10.4. The molecule has 0 heterocycles. The number of halogens is 3. The van der Waals surface area contributed by atoms with Crippen LogP contribution < -0.4 is 15.2 Å². The molecule has 0 aliphatic carbocycles. The van der Waals surface area contributed by atoms with Crippen molar-refractivity contribution in [2.45, 2.75) is 6.61 Å². The molecular weight excluding hydrogens is 454 g/mol. The standard InChI is InChI=1S/C14H12Br3NO2/c1-19-11-3-8(2-10(18)6-11)7-20-14-12(16)4-9(15)5-13(14)17/h2-6H,7,18H2,1H3. The summed E-state index contributed by atoms with van der Waals surface area (Å²) in [5.74, 6) is 1.46. The summed E-state index contributed by atoms with van der Waals surface area (Å²) >= 11 is 10.4. The molecule has 2 aromatic carbocycles. The summed E-state index contributed by atoms with van der Waals surface area (Å²) in [7, 11) is 1.61. The van der Waals surface area contributed by atoms with Gasteiger partial charge in [-0.05, 0) is 61.7 Å². The fraction of sp³-hybridized carbons (Fsp3) is 0.143. The van der Waals surface area contributed by atoms with Crippen molar-refractivity contribution in [1.82, 2.24) is 0 Å². The molecule has 0 aromatic heterocycles. The van der Waals surface area contributed by atoms with Gasteiger partial charge < -0.3 is 15.2 Å². The first-order valence-corrected chi connectivity index (χ1v) is 8.08. The first kappa shape index (κ1) is 15.7. The molecule has 0 atom stereocenters. The lowest BCUT2D eigenvalue weighted by Crippen LogP contribution is -1.99. The molecule has 0 bridgehead atoms. The van der Waals surface area contributed by atoms with Crippen LogP contribution in [0.4, 0.5) is 5.69 Å². The molecule has 0 amide bonds. The predicted molar refractivity (Wildman–Crippen MR) is 91.3 cm³/mol. The van der Waals surface area contributed by atoms with E-state index in [1.54, 1.807) is 13.2 Å². The fourth-order valence-corrected chi connectivity index (χ4v) is 4.20. The number of nitrogens with two attached hydrogens (primary N) is 1. The minimum absolute atomic E-state index is 0.403. The molecular formula is C14H12Br3NO2. The van der Waals surface area contributed by atoms with Crippen molar-refractivity contribution in [3.8, 4) is 11.5 Å². The smallest absolute Gasteiger partial charge is 0.148 e. The van der Waals surface area contributed by atoms with Gasteiger partial charge >= 0.3 is 0 Å². The topological polar surface area (TPSA) is 44.5 Å². The Morgan fingerprint density at radius 1 is 1.00 bits per heavy atom. The van der Waals surface area contributed by atoms with Gasteiger partial charge in [-0.1, -0.05) is 15.9 Å². The van der Waals surface area contributed by atoms with Gasteiger partial charge in [0.15, 0.2) is 0 Å². The van der Waals surface area contributed by atoms with E-state index in [1.807, 2.05) is 24.3 Å². The van der Waals surface area contributed by atoms with E-state index in [4.69, 9.17) is 15.2 Å². The van der Waals surface area contributed by atoms with Crippen molar-refractivity contribution >= 4 is 53.5 Å². The lowest BCUT2D eigenvalue weighted by molar-refractivity contribution is 0.301. The lowest BCUT2D eigenvalue weighted by atomic mass is 10.2. The average Bonchev–Trinajstić information content (AvgIpc) is 2.36. The van der Waals surface area contributed by atoms with Crippen LogP contribution in [0.25, 0.3) is 0 Å². The van der Waals surface area contributed by atoms with Crippen LogP contribution in [0.1, 0.15) is 5.56 Å². The van der Waals surface area contributed by atoms with Crippen molar-refractivity contribution < 1.29 is 9.47 Å². The van der Waals surface area contributed by atoms with Crippen LogP contribution in [0, 0.1) is 0 Å². The molecule has 2 rings (SSSR count). The Labute approximate surface area is 142 Å². The van der Waals surface area contributed by atoms with Gasteiger partial charge in [-0.15, -0.1) is 0 Å². The molecule has 0 fully saturated rings. The minimum Gasteiger partial charge on any atom is -0.497 e. The second kappa shape index (κ2) is 6.83. The predicted octanol–water partition coefficient (Wildman–Crippen LogP) is 5.14. The minimum atomic E-state index is 0.403. The van der Waals surface area contributed by atoms with Crippen molar-refractivity contribution in [1.29, 1.82) is 0 Å². The van der Waals surface area contributed by atoms with Crippen molar-refractivity contribution in [3.05, 3.63) is 49.3 Å². The van der Waals surface area contributed by atoms with E-state index in [1.165, 1.54) is 0 Å². The molecule has 0 spiro atoms. The molecule has 0 radical (unpaired) electrons. The van der Waals surface area contributed by atoms with E-state index in [9.17, 15) is 0 Å². The number of hydrogen-bond donors (Lipinski definition) is 1. The molecule has 3 nitrogen and oxygen atoms in total. The molecule has 106 valence electrons. The van der Waals surface area contributed by atoms with Gasteiger partial charge in [0.1, 0.15) is 18.1 Å². The van der Waals surface area contributed by atoms with Gasteiger partial charge in [-0.3, -0.25) is 0 Å². The summed E-state index contributed by atoms with van der Waals surface area (Å²) < 4.78 is 13.7. The highest BCUT2D eigenvalue weighted by Gasteiger charge is 2.09. The molecule has 20 heavy (non-hydrogen) atoms. The van der Waals surface area contributed by atoms with Crippen LogP contribution in [0.2, 0.25) is 0 Å². The van der Waals surface area contributed by atoms with Crippen LogP contribution in [0.3, 0.4) is 0 Å². The van der Waals surface area contributed by atoms with Crippen LogP contribution >= 0.6 is 47.8 Å². The summed E-state index contributed by atoms with van der Waals surface area (Å²) in [6, 6.07) is 9.40. The van der Waals surface area contributed by atoms with Gasteiger partial charge in [0, 0.05) is 16.2 Å². The summed E-state index contributed by atoms with van der Waals surface area (Å²) in [4.78, 5) is 0. The average molecular weight is 466 g/mol. The monoisotopic (exact) mass is 463 g/mol.